The monoisotopic (exact) mass is 542 g/mol. The molecule has 1 atom stereocenters. The maximum Gasteiger partial charge on any atom is 0.251 e. The third-order valence-corrected chi connectivity index (χ3v) is 6.25. The second kappa shape index (κ2) is 11.8. The molecule has 1 N–H and O–H groups in total. The van der Waals surface area contributed by atoms with Crippen LogP contribution in [0.15, 0.2) is 23.3 Å². The van der Waals surface area contributed by atoms with E-state index in [0.29, 0.717) is 26.2 Å². The Morgan fingerprint density at radius 2 is 1.87 bits per heavy atom. The van der Waals surface area contributed by atoms with E-state index in [1.165, 1.54) is 24.8 Å². The summed E-state index contributed by atoms with van der Waals surface area (Å²) in [7, 11) is 1.82. The van der Waals surface area contributed by atoms with Gasteiger partial charge in [-0.2, -0.15) is 0 Å². The van der Waals surface area contributed by atoms with E-state index in [1.54, 1.807) is 0 Å². The minimum atomic E-state index is -0.227. The van der Waals surface area contributed by atoms with Crippen LogP contribution in [-0.2, 0) is 16.1 Å². The van der Waals surface area contributed by atoms with Crippen LogP contribution in [0.1, 0.15) is 37.7 Å². The summed E-state index contributed by atoms with van der Waals surface area (Å²) in [6.07, 6.45) is 7.33. The van der Waals surface area contributed by atoms with E-state index >= 15 is 0 Å². The number of piperazine rings is 1. The van der Waals surface area contributed by atoms with Crippen molar-refractivity contribution in [1.82, 2.24) is 20.1 Å². The molecule has 1 aromatic heterocycles. The van der Waals surface area contributed by atoms with E-state index in [0.717, 1.165) is 50.8 Å². The highest BCUT2D eigenvalue weighted by Gasteiger charge is 2.30. The van der Waals surface area contributed by atoms with Crippen LogP contribution < -0.4 is 10.2 Å². The van der Waals surface area contributed by atoms with E-state index in [1.807, 2.05) is 18.1 Å². The van der Waals surface area contributed by atoms with Crippen molar-refractivity contribution in [2.75, 3.05) is 57.8 Å². The molecule has 1 aromatic rings. The number of nitrogens with zero attached hydrogens (tertiary/aromatic N) is 5. The number of carbonyl (C=O) groups excluding carboxylic acids is 1. The fourth-order valence-corrected chi connectivity index (χ4v) is 4.49. The maximum atomic E-state index is 12.5. The summed E-state index contributed by atoms with van der Waals surface area (Å²) < 4.78 is 5.55. The Labute approximate surface area is 202 Å². The Morgan fingerprint density at radius 3 is 2.55 bits per heavy atom. The molecule has 31 heavy (non-hydrogen) atoms. The molecule has 1 amide bonds. The number of nitrogens with one attached hydrogen (secondary N) is 1. The molecule has 4 heterocycles. The number of amides is 1. The molecule has 0 aromatic carbocycles. The van der Waals surface area contributed by atoms with Gasteiger partial charge in [-0.3, -0.25) is 9.79 Å². The molecule has 9 heteroatoms. The van der Waals surface area contributed by atoms with Gasteiger partial charge in [0.1, 0.15) is 11.9 Å². The molecule has 0 radical (unpaired) electrons. The molecule has 3 aliphatic rings. The zero-order chi connectivity index (χ0) is 20.8. The minimum Gasteiger partial charge on any atom is -0.368 e. The zero-order valence-electron chi connectivity index (χ0n) is 18.5. The van der Waals surface area contributed by atoms with Crippen molar-refractivity contribution in [1.29, 1.82) is 0 Å². The number of carbonyl (C=O) groups is 1. The number of halogens is 1. The molecule has 4 rings (SSSR count). The Morgan fingerprint density at radius 1 is 1.13 bits per heavy atom. The first kappa shape index (κ1) is 24.0. The van der Waals surface area contributed by atoms with Crippen molar-refractivity contribution >= 4 is 41.7 Å². The number of pyridine rings is 1. The Balaban J connectivity index is 0.00000272. The smallest absolute Gasteiger partial charge is 0.251 e. The molecule has 0 spiro atoms. The molecule has 3 saturated heterocycles. The van der Waals surface area contributed by atoms with Gasteiger partial charge in [0.15, 0.2) is 5.96 Å². The number of rotatable bonds is 4. The van der Waals surface area contributed by atoms with Crippen LogP contribution >= 0.6 is 24.0 Å². The van der Waals surface area contributed by atoms with E-state index in [9.17, 15) is 4.79 Å². The van der Waals surface area contributed by atoms with Crippen LogP contribution in [0.5, 0.6) is 0 Å². The van der Waals surface area contributed by atoms with Crippen LogP contribution in [0.3, 0.4) is 0 Å². The van der Waals surface area contributed by atoms with Crippen molar-refractivity contribution in [3.8, 4) is 0 Å². The second-order valence-electron chi connectivity index (χ2n) is 8.28. The lowest BCUT2D eigenvalue weighted by molar-refractivity contribution is -0.142. The van der Waals surface area contributed by atoms with Gasteiger partial charge in [-0.25, -0.2) is 4.98 Å². The summed E-state index contributed by atoms with van der Waals surface area (Å²) in [5, 5.41) is 3.49. The highest BCUT2D eigenvalue weighted by atomic mass is 127. The minimum absolute atomic E-state index is 0. The first-order chi connectivity index (χ1) is 14.7. The fraction of sp³-hybridized carbons (Fsp3) is 0.682. The molecule has 172 valence electrons. The predicted molar refractivity (Wildman–Crippen MR) is 133 cm³/mol. The van der Waals surface area contributed by atoms with Crippen LogP contribution in [0, 0.1) is 0 Å². The second-order valence-corrected chi connectivity index (χ2v) is 8.28. The molecule has 3 fully saturated rings. The average molecular weight is 542 g/mol. The topological polar surface area (TPSA) is 73.3 Å². The fourth-order valence-electron chi connectivity index (χ4n) is 4.49. The molecule has 0 aliphatic carbocycles. The van der Waals surface area contributed by atoms with E-state index in [-0.39, 0.29) is 36.0 Å². The average Bonchev–Trinajstić information content (AvgIpc) is 3.35. The highest BCUT2D eigenvalue weighted by molar-refractivity contribution is 14.0. The lowest BCUT2D eigenvalue weighted by Crippen LogP contribution is -2.55. The van der Waals surface area contributed by atoms with Gasteiger partial charge in [0.05, 0.1) is 0 Å². The highest BCUT2D eigenvalue weighted by Crippen LogP contribution is 2.19. The van der Waals surface area contributed by atoms with Crippen molar-refractivity contribution in [2.45, 2.75) is 44.8 Å². The summed E-state index contributed by atoms with van der Waals surface area (Å²) in [4.78, 5) is 28.1. The summed E-state index contributed by atoms with van der Waals surface area (Å²) in [6, 6.07) is 4.25. The number of anilines is 1. The van der Waals surface area contributed by atoms with E-state index in [4.69, 9.17) is 4.74 Å². The van der Waals surface area contributed by atoms with Crippen LogP contribution in [0.4, 0.5) is 5.82 Å². The van der Waals surface area contributed by atoms with Gasteiger partial charge in [-0.15, -0.1) is 24.0 Å². The molecular weight excluding hydrogens is 507 g/mol. The standard InChI is InChI=1S/C22H34N6O2.HI/c1-23-22(28-13-11-27(12-14-28)21(29)19-6-5-15-30-19)25-17-18-7-8-24-20(16-18)26-9-3-2-4-10-26;/h7-8,16,19H,2-6,9-15,17H2,1H3,(H,23,25);1H. The number of aliphatic imine (C=N–C) groups is 1. The largest absolute Gasteiger partial charge is 0.368 e. The van der Waals surface area contributed by atoms with Gasteiger partial charge in [0.25, 0.3) is 5.91 Å². The lowest BCUT2D eigenvalue weighted by atomic mass is 10.1. The van der Waals surface area contributed by atoms with Crippen LogP contribution in [-0.4, -0.2) is 85.7 Å². The molecule has 0 bridgehead atoms. The number of aromatic nitrogens is 1. The number of guanidine groups is 1. The normalized spacial score (nSPS) is 22.3. The number of ether oxygens (including phenoxy) is 1. The van der Waals surface area contributed by atoms with Crippen LogP contribution in [0.2, 0.25) is 0 Å². The molecule has 8 nitrogen and oxygen atoms in total. The Hall–Kier alpha value is -1.62. The third-order valence-electron chi connectivity index (χ3n) is 6.25. The molecule has 1 unspecified atom stereocenters. The number of hydrogen-bond donors (Lipinski definition) is 1. The quantitative estimate of drug-likeness (QED) is 0.357. The lowest BCUT2D eigenvalue weighted by Gasteiger charge is -2.37. The van der Waals surface area contributed by atoms with Gasteiger partial charge in [0, 0.05) is 65.7 Å². The van der Waals surface area contributed by atoms with Gasteiger partial charge in [-0.05, 0) is 49.8 Å². The predicted octanol–water partition coefficient (Wildman–Crippen LogP) is 2.09. The molecular formula is C22H35IN6O2. The van der Waals surface area contributed by atoms with Gasteiger partial charge >= 0.3 is 0 Å². The summed E-state index contributed by atoms with van der Waals surface area (Å²) in [6.45, 7) is 6.62. The summed E-state index contributed by atoms with van der Waals surface area (Å²) in [5.74, 6) is 2.11. The van der Waals surface area contributed by atoms with Gasteiger partial charge in [-0.1, -0.05) is 0 Å². The van der Waals surface area contributed by atoms with Crippen molar-refractivity contribution in [2.24, 2.45) is 4.99 Å². The summed E-state index contributed by atoms with van der Waals surface area (Å²) >= 11 is 0. The Kier molecular flexibility index (Phi) is 9.18. The van der Waals surface area contributed by atoms with E-state index < -0.39 is 0 Å². The van der Waals surface area contributed by atoms with Crippen LogP contribution in [0.25, 0.3) is 0 Å². The maximum absolute atomic E-state index is 12.5. The van der Waals surface area contributed by atoms with E-state index in [2.05, 4.69) is 37.2 Å². The van der Waals surface area contributed by atoms with Gasteiger partial charge in [0.2, 0.25) is 0 Å². The molecule has 3 aliphatic heterocycles. The van der Waals surface area contributed by atoms with Crippen molar-refractivity contribution in [3.63, 3.8) is 0 Å². The summed E-state index contributed by atoms with van der Waals surface area (Å²) in [5.41, 5.74) is 1.21. The first-order valence-corrected chi connectivity index (χ1v) is 11.3. The zero-order valence-corrected chi connectivity index (χ0v) is 20.8. The van der Waals surface area contributed by atoms with Gasteiger partial charge < -0.3 is 24.8 Å². The molecule has 0 saturated carbocycles. The van der Waals surface area contributed by atoms with Crippen molar-refractivity contribution in [3.05, 3.63) is 23.9 Å². The Bertz CT molecular complexity index is 741. The first-order valence-electron chi connectivity index (χ1n) is 11.3. The SMILES string of the molecule is CN=C(NCc1ccnc(N2CCCCC2)c1)N1CCN(C(=O)C2CCCO2)CC1.I. The van der Waals surface area contributed by atoms with Crippen molar-refractivity contribution < 1.29 is 9.53 Å². The third kappa shape index (κ3) is 6.21. The number of piperidine rings is 1. The number of hydrogen-bond acceptors (Lipinski definition) is 5.